The molecule has 0 saturated carbocycles. The largest absolute Gasteiger partial charge is 0.351 e. The Balaban J connectivity index is 1.75. The van der Waals surface area contributed by atoms with Gasteiger partial charge in [-0.25, -0.2) is 14.6 Å². The summed E-state index contributed by atoms with van der Waals surface area (Å²) in [6.45, 7) is 5.01. The molecule has 0 radical (unpaired) electrons. The van der Waals surface area contributed by atoms with Gasteiger partial charge in [0, 0.05) is 39.6 Å². The van der Waals surface area contributed by atoms with Crippen LogP contribution >= 0.6 is 0 Å². The van der Waals surface area contributed by atoms with Gasteiger partial charge in [-0.15, -0.1) is 5.10 Å². The van der Waals surface area contributed by atoms with E-state index in [4.69, 9.17) is 0 Å². The fourth-order valence-electron chi connectivity index (χ4n) is 2.61. The molecule has 0 aliphatic carbocycles. The van der Waals surface area contributed by atoms with Crippen molar-refractivity contribution in [2.75, 3.05) is 31.1 Å². The molecule has 8 heteroatoms. The first-order valence-corrected chi connectivity index (χ1v) is 7.23. The lowest BCUT2D eigenvalue weighted by Gasteiger charge is -2.35. The Hall–Kier alpha value is -2.25. The zero-order valence-electron chi connectivity index (χ0n) is 12.4. The van der Waals surface area contributed by atoms with Gasteiger partial charge in [0.15, 0.2) is 17.0 Å². The van der Waals surface area contributed by atoms with E-state index in [9.17, 15) is 4.79 Å². The van der Waals surface area contributed by atoms with Crippen molar-refractivity contribution in [1.29, 1.82) is 0 Å². The molecule has 0 aromatic carbocycles. The summed E-state index contributed by atoms with van der Waals surface area (Å²) < 4.78 is 1.64. The highest BCUT2D eigenvalue weighted by Gasteiger charge is 2.23. The predicted octanol–water partition coefficient (Wildman–Crippen LogP) is 0.207. The van der Waals surface area contributed by atoms with E-state index in [1.165, 1.54) is 6.33 Å². The van der Waals surface area contributed by atoms with Crippen LogP contribution < -0.4 is 4.90 Å². The Bertz CT molecular complexity index is 645. The lowest BCUT2D eigenvalue weighted by molar-refractivity contribution is -0.131. The first kappa shape index (κ1) is 13.7. The van der Waals surface area contributed by atoms with Gasteiger partial charge in [0.25, 0.3) is 0 Å². The Morgan fingerprint density at radius 1 is 1.24 bits per heavy atom. The fourth-order valence-corrected chi connectivity index (χ4v) is 2.61. The SMILES string of the molecule is CCCC(=O)N1CCN(c2ncnc3c2nnn3C)CC1. The van der Waals surface area contributed by atoms with Crippen LogP contribution in [0.1, 0.15) is 19.8 Å². The molecule has 0 N–H and O–H groups in total. The van der Waals surface area contributed by atoms with Crippen molar-refractivity contribution in [1.82, 2.24) is 29.9 Å². The minimum absolute atomic E-state index is 0.240. The molecular formula is C13H19N7O. The lowest BCUT2D eigenvalue weighted by Crippen LogP contribution is -2.49. The van der Waals surface area contributed by atoms with E-state index in [1.54, 1.807) is 4.68 Å². The molecule has 0 bridgehead atoms. The molecular weight excluding hydrogens is 270 g/mol. The number of amides is 1. The number of aryl methyl sites for hydroxylation is 1. The van der Waals surface area contributed by atoms with Crippen molar-refractivity contribution in [2.24, 2.45) is 7.05 Å². The van der Waals surface area contributed by atoms with E-state index in [0.717, 1.165) is 44.1 Å². The fraction of sp³-hybridized carbons (Fsp3) is 0.615. The van der Waals surface area contributed by atoms with Gasteiger partial charge in [-0.2, -0.15) is 0 Å². The van der Waals surface area contributed by atoms with Gasteiger partial charge in [0.2, 0.25) is 5.91 Å². The lowest BCUT2D eigenvalue weighted by atomic mass is 10.2. The molecule has 1 aliphatic rings. The maximum Gasteiger partial charge on any atom is 0.222 e. The van der Waals surface area contributed by atoms with Gasteiger partial charge in [0.1, 0.15) is 6.33 Å². The van der Waals surface area contributed by atoms with Gasteiger partial charge in [0.05, 0.1) is 0 Å². The van der Waals surface area contributed by atoms with Gasteiger partial charge in [-0.05, 0) is 6.42 Å². The van der Waals surface area contributed by atoms with Crippen molar-refractivity contribution in [3.8, 4) is 0 Å². The normalized spacial score (nSPS) is 15.7. The van der Waals surface area contributed by atoms with E-state index >= 15 is 0 Å². The van der Waals surface area contributed by atoms with Crippen LogP contribution in [0, 0.1) is 0 Å². The number of carbonyl (C=O) groups is 1. The Kier molecular flexibility index (Phi) is 3.68. The van der Waals surface area contributed by atoms with Crippen molar-refractivity contribution in [3.63, 3.8) is 0 Å². The summed E-state index contributed by atoms with van der Waals surface area (Å²) in [5.41, 5.74) is 1.44. The van der Waals surface area contributed by atoms with Gasteiger partial charge >= 0.3 is 0 Å². The van der Waals surface area contributed by atoms with Crippen LogP contribution in [0.4, 0.5) is 5.82 Å². The molecule has 21 heavy (non-hydrogen) atoms. The Morgan fingerprint density at radius 2 is 2.00 bits per heavy atom. The first-order valence-electron chi connectivity index (χ1n) is 7.23. The van der Waals surface area contributed by atoms with E-state index in [2.05, 4.69) is 25.2 Å². The second-order valence-corrected chi connectivity index (χ2v) is 5.20. The smallest absolute Gasteiger partial charge is 0.222 e. The average Bonchev–Trinajstić information content (AvgIpc) is 2.89. The van der Waals surface area contributed by atoms with Gasteiger partial charge in [-0.3, -0.25) is 4.79 Å². The number of aromatic nitrogens is 5. The molecule has 1 fully saturated rings. The van der Waals surface area contributed by atoms with Crippen LogP contribution in [-0.2, 0) is 11.8 Å². The van der Waals surface area contributed by atoms with E-state index in [1.807, 2.05) is 18.9 Å². The van der Waals surface area contributed by atoms with Crippen molar-refractivity contribution in [3.05, 3.63) is 6.33 Å². The molecule has 1 amide bonds. The molecule has 1 aliphatic heterocycles. The van der Waals surface area contributed by atoms with E-state index in [-0.39, 0.29) is 5.91 Å². The average molecular weight is 289 g/mol. The number of carbonyl (C=O) groups excluding carboxylic acids is 1. The van der Waals surface area contributed by atoms with Gasteiger partial charge < -0.3 is 9.80 Å². The maximum absolute atomic E-state index is 11.9. The minimum Gasteiger partial charge on any atom is -0.351 e. The van der Waals surface area contributed by atoms with Gasteiger partial charge in [-0.1, -0.05) is 12.1 Å². The van der Waals surface area contributed by atoms with Crippen LogP contribution in [-0.4, -0.2) is 61.9 Å². The summed E-state index contributed by atoms with van der Waals surface area (Å²) in [4.78, 5) is 24.5. The molecule has 0 spiro atoms. The Morgan fingerprint density at radius 3 is 2.71 bits per heavy atom. The summed E-state index contributed by atoms with van der Waals surface area (Å²) in [5, 5.41) is 8.13. The third-order valence-electron chi connectivity index (χ3n) is 3.76. The molecule has 112 valence electrons. The zero-order valence-corrected chi connectivity index (χ0v) is 12.4. The zero-order chi connectivity index (χ0) is 14.8. The quantitative estimate of drug-likeness (QED) is 0.803. The third kappa shape index (κ3) is 2.53. The molecule has 0 unspecified atom stereocenters. The van der Waals surface area contributed by atoms with Crippen LogP contribution in [0.5, 0.6) is 0 Å². The molecule has 8 nitrogen and oxygen atoms in total. The van der Waals surface area contributed by atoms with E-state index in [0.29, 0.717) is 11.9 Å². The van der Waals surface area contributed by atoms with Crippen molar-refractivity contribution in [2.45, 2.75) is 19.8 Å². The van der Waals surface area contributed by atoms with Crippen LogP contribution in [0.15, 0.2) is 6.33 Å². The monoisotopic (exact) mass is 289 g/mol. The number of fused-ring (bicyclic) bond motifs is 1. The second-order valence-electron chi connectivity index (χ2n) is 5.20. The number of rotatable bonds is 3. The summed E-state index contributed by atoms with van der Waals surface area (Å²) in [5.74, 6) is 1.04. The number of piperazine rings is 1. The highest BCUT2D eigenvalue weighted by Crippen LogP contribution is 2.21. The molecule has 3 rings (SSSR count). The predicted molar refractivity (Wildman–Crippen MR) is 77.8 cm³/mol. The topological polar surface area (TPSA) is 80.0 Å². The van der Waals surface area contributed by atoms with Crippen LogP contribution in [0.3, 0.4) is 0 Å². The first-order chi connectivity index (χ1) is 10.2. The summed E-state index contributed by atoms with van der Waals surface area (Å²) >= 11 is 0. The molecule has 3 heterocycles. The second kappa shape index (κ2) is 5.63. The summed E-state index contributed by atoms with van der Waals surface area (Å²) in [6.07, 6.45) is 3.06. The molecule has 2 aromatic heterocycles. The highest BCUT2D eigenvalue weighted by atomic mass is 16.2. The summed E-state index contributed by atoms with van der Waals surface area (Å²) in [6, 6.07) is 0. The highest BCUT2D eigenvalue weighted by molar-refractivity contribution is 5.82. The van der Waals surface area contributed by atoms with Crippen LogP contribution in [0.2, 0.25) is 0 Å². The van der Waals surface area contributed by atoms with Crippen molar-refractivity contribution >= 4 is 22.9 Å². The van der Waals surface area contributed by atoms with Crippen LogP contribution in [0.25, 0.3) is 11.2 Å². The number of anilines is 1. The maximum atomic E-state index is 11.9. The number of hydrogen-bond donors (Lipinski definition) is 0. The summed E-state index contributed by atoms with van der Waals surface area (Å²) in [7, 11) is 1.81. The third-order valence-corrected chi connectivity index (χ3v) is 3.76. The molecule has 1 saturated heterocycles. The number of hydrogen-bond acceptors (Lipinski definition) is 6. The number of nitrogens with zero attached hydrogens (tertiary/aromatic N) is 7. The minimum atomic E-state index is 0.240. The molecule has 2 aromatic rings. The van der Waals surface area contributed by atoms with Crippen molar-refractivity contribution < 1.29 is 4.79 Å². The Labute approximate surface area is 122 Å². The standard InChI is InChI=1S/C13H19N7O/c1-3-4-10(21)19-5-7-20(8-6-19)13-11-12(14-9-15-13)18(2)17-16-11/h9H,3-8H2,1-2H3. The van der Waals surface area contributed by atoms with E-state index < -0.39 is 0 Å². The molecule has 0 atom stereocenters.